The fourth-order valence-electron chi connectivity index (χ4n) is 5.86. The fraction of sp³-hybridized carbons (Fsp3) is 0.655. The van der Waals surface area contributed by atoms with Gasteiger partial charge in [-0.05, 0) is 23.5 Å². The minimum absolute atomic E-state index is 0.0167. The minimum atomic E-state index is -2.21. The molecule has 2 saturated heterocycles. The molecule has 0 saturated carbocycles. The third-order valence-electron chi connectivity index (χ3n) is 7.50. The van der Waals surface area contributed by atoms with E-state index in [0.29, 0.717) is 22.2 Å². The molecule has 2 fully saturated rings. The smallest absolute Gasteiger partial charge is 0.315 e. The second-order valence-corrected chi connectivity index (χ2v) is 16.5. The molecule has 38 heavy (non-hydrogen) atoms. The monoisotopic (exact) mass is 548 g/mol. The molecule has 9 heteroatoms. The zero-order valence-electron chi connectivity index (χ0n) is 23.8. The standard InChI is InChI=1S/C29H44O8Si/c1-9-17-32-29(23-13-11-10-12-14-23)36-27-26(35-25(31)16-15-22(8)30)24(34-28(27)37-29)18-33-38(19(2)3,20(4)5)21(6)7/h9-14,19-21,24,26-28H,1,15-18H2,2-8H3/t24-,26-,27+,28+,29-/m1/s1. The van der Waals surface area contributed by atoms with E-state index < -0.39 is 44.9 Å². The SMILES string of the molecule is C=CCO[C@@]1(c2ccccc2)O[C@@H]2O[C@H](CO[Si](C(C)C)(C(C)C)C(C)C)[C@@H](OC(=O)CCC(C)=O)[C@@H]2O1. The van der Waals surface area contributed by atoms with Crippen molar-refractivity contribution in [1.29, 1.82) is 0 Å². The maximum Gasteiger partial charge on any atom is 0.315 e. The van der Waals surface area contributed by atoms with Crippen molar-refractivity contribution in [2.24, 2.45) is 0 Å². The van der Waals surface area contributed by atoms with Crippen molar-refractivity contribution < 1.29 is 37.7 Å². The van der Waals surface area contributed by atoms with Gasteiger partial charge >= 0.3 is 11.9 Å². The van der Waals surface area contributed by atoms with E-state index in [2.05, 4.69) is 48.1 Å². The van der Waals surface area contributed by atoms with Gasteiger partial charge in [0.15, 0.2) is 26.8 Å². The van der Waals surface area contributed by atoms with Crippen molar-refractivity contribution >= 4 is 20.1 Å². The summed E-state index contributed by atoms with van der Waals surface area (Å²) in [5, 5.41) is 0. The van der Waals surface area contributed by atoms with Crippen molar-refractivity contribution in [2.45, 2.75) is 109 Å². The van der Waals surface area contributed by atoms with Crippen LogP contribution in [0.25, 0.3) is 0 Å². The summed E-state index contributed by atoms with van der Waals surface area (Å²) in [6, 6.07) is 9.29. The normalized spacial score (nSPS) is 27.2. The summed E-state index contributed by atoms with van der Waals surface area (Å²) in [4.78, 5) is 24.2. The molecule has 1 aromatic rings. The summed E-state index contributed by atoms with van der Waals surface area (Å²) in [6.07, 6.45) is -1.28. The number of carbonyl (C=O) groups is 2. The third kappa shape index (κ3) is 6.46. The number of carbonyl (C=O) groups excluding carboxylic acids is 2. The number of ketones is 1. The maximum atomic E-state index is 12.8. The zero-order valence-corrected chi connectivity index (χ0v) is 24.8. The predicted octanol–water partition coefficient (Wildman–Crippen LogP) is 5.61. The Labute approximate surface area is 228 Å². The molecule has 2 heterocycles. The van der Waals surface area contributed by atoms with E-state index in [-0.39, 0.29) is 31.8 Å². The van der Waals surface area contributed by atoms with Gasteiger partial charge in [-0.2, -0.15) is 0 Å². The Morgan fingerprint density at radius 1 is 1.03 bits per heavy atom. The van der Waals surface area contributed by atoms with Crippen LogP contribution in [0.15, 0.2) is 43.0 Å². The van der Waals surface area contributed by atoms with Gasteiger partial charge in [-0.3, -0.25) is 9.53 Å². The summed E-state index contributed by atoms with van der Waals surface area (Å²) < 4.78 is 37.7. The number of fused-ring (bicyclic) bond motifs is 1. The lowest BCUT2D eigenvalue weighted by Crippen LogP contribution is -2.50. The van der Waals surface area contributed by atoms with Crippen LogP contribution in [-0.4, -0.2) is 57.9 Å². The van der Waals surface area contributed by atoms with E-state index in [9.17, 15) is 9.59 Å². The molecule has 212 valence electrons. The Morgan fingerprint density at radius 3 is 2.21 bits per heavy atom. The molecular weight excluding hydrogens is 504 g/mol. The van der Waals surface area contributed by atoms with Crippen LogP contribution in [0.2, 0.25) is 16.6 Å². The first-order valence-corrected chi connectivity index (χ1v) is 15.7. The first-order valence-electron chi connectivity index (χ1n) is 13.6. The highest BCUT2D eigenvalue weighted by atomic mass is 28.4. The van der Waals surface area contributed by atoms with Crippen LogP contribution in [0.5, 0.6) is 0 Å². The molecule has 0 aromatic heterocycles. The van der Waals surface area contributed by atoms with Crippen LogP contribution in [0.3, 0.4) is 0 Å². The summed E-state index contributed by atoms with van der Waals surface area (Å²) >= 11 is 0. The van der Waals surface area contributed by atoms with E-state index in [1.807, 2.05) is 30.3 Å². The lowest BCUT2D eigenvalue weighted by molar-refractivity contribution is -0.373. The van der Waals surface area contributed by atoms with Crippen molar-refractivity contribution in [3.8, 4) is 0 Å². The van der Waals surface area contributed by atoms with E-state index >= 15 is 0 Å². The highest BCUT2D eigenvalue weighted by Crippen LogP contribution is 2.47. The molecule has 3 rings (SSSR count). The lowest BCUT2D eigenvalue weighted by Gasteiger charge is -2.43. The molecule has 2 aliphatic heterocycles. The zero-order chi connectivity index (χ0) is 28.1. The second kappa shape index (κ2) is 13.0. The molecule has 0 amide bonds. The molecule has 0 N–H and O–H groups in total. The van der Waals surface area contributed by atoms with E-state index in [0.717, 1.165) is 0 Å². The van der Waals surface area contributed by atoms with Crippen LogP contribution in [-0.2, 0) is 43.7 Å². The van der Waals surface area contributed by atoms with E-state index in [1.54, 1.807) is 6.08 Å². The van der Waals surface area contributed by atoms with Crippen molar-refractivity contribution in [1.82, 2.24) is 0 Å². The fourth-order valence-corrected chi connectivity index (χ4v) is 11.3. The Kier molecular flexibility index (Phi) is 10.5. The first-order chi connectivity index (χ1) is 18.0. The average Bonchev–Trinajstić information content (AvgIpc) is 3.37. The highest BCUT2D eigenvalue weighted by Gasteiger charge is 2.61. The van der Waals surface area contributed by atoms with E-state index in [1.165, 1.54) is 6.92 Å². The van der Waals surface area contributed by atoms with Crippen LogP contribution in [0.4, 0.5) is 0 Å². The minimum Gasteiger partial charge on any atom is -0.456 e. The summed E-state index contributed by atoms with van der Waals surface area (Å²) in [5.74, 6) is -2.11. The molecular formula is C29H44O8Si. The average molecular weight is 549 g/mol. The van der Waals surface area contributed by atoms with Gasteiger partial charge in [0.1, 0.15) is 11.9 Å². The number of esters is 1. The number of benzene rings is 1. The Balaban J connectivity index is 1.87. The number of hydrogen-bond donors (Lipinski definition) is 0. The van der Waals surface area contributed by atoms with Gasteiger partial charge in [-0.15, -0.1) is 6.58 Å². The van der Waals surface area contributed by atoms with Gasteiger partial charge in [-0.25, -0.2) is 0 Å². The number of rotatable bonds is 14. The van der Waals surface area contributed by atoms with Gasteiger partial charge in [-0.1, -0.05) is 78.0 Å². The molecule has 8 nitrogen and oxygen atoms in total. The predicted molar refractivity (Wildman–Crippen MR) is 146 cm³/mol. The van der Waals surface area contributed by atoms with E-state index in [4.69, 9.17) is 28.1 Å². The van der Waals surface area contributed by atoms with Gasteiger partial charge < -0.3 is 28.2 Å². The number of ether oxygens (including phenoxy) is 5. The van der Waals surface area contributed by atoms with Crippen LogP contribution >= 0.6 is 0 Å². The Bertz CT molecular complexity index is 927. The molecule has 0 aliphatic carbocycles. The molecule has 5 atom stereocenters. The molecule has 1 aromatic carbocycles. The first kappa shape index (κ1) is 30.7. The summed E-state index contributed by atoms with van der Waals surface area (Å²) in [6.45, 7) is 18.9. The van der Waals surface area contributed by atoms with Crippen LogP contribution in [0, 0.1) is 0 Å². The van der Waals surface area contributed by atoms with Crippen molar-refractivity contribution in [3.63, 3.8) is 0 Å². The third-order valence-corrected chi connectivity index (χ3v) is 13.6. The summed E-state index contributed by atoms with van der Waals surface area (Å²) in [5.41, 5.74) is 1.79. The Morgan fingerprint density at radius 2 is 1.66 bits per heavy atom. The van der Waals surface area contributed by atoms with Crippen molar-refractivity contribution in [3.05, 3.63) is 48.6 Å². The Hall–Kier alpha value is -1.88. The molecule has 0 radical (unpaired) electrons. The highest BCUT2D eigenvalue weighted by molar-refractivity contribution is 6.77. The largest absolute Gasteiger partial charge is 0.456 e. The van der Waals surface area contributed by atoms with Gasteiger partial charge in [0.05, 0.1) is 19.6 Å². The molecule has 0 unspecified atom stereocenters. The topological polar surface area (TPSA) is 89.5 Å². The lowest BCUT2D eigenvalue weighted by atomic mass is 10.1. The molecule has 2 aliphatic rings. The maximum absolute atomic E-state index is 12.8. The van der Waals surface area contributed by atoms with Crippen molar-refractivity contribution in [2.75, 3.05) is 13.2 Å². The van der Waals surface area contributed by atoms with Gasteiger partial charge in [0.25, 0.3) is 0 Å². The van der Waals surface area contributed by atoms with Crippen LogP contribution in [0.1, 0.15) is 66.9 Å². The van der Waals surface area contributed by atoms with Crippen LogP contribution < -0.4 is 0 Å². The second-order valence-electron chi connectivity index (χ2n) is 11.1. The molecule has 0 bridgehead atoms. The van der Waals surface area contributed by atoms with Gasteiger partial charge in [0.2, 0.25) is 0 Å². The number of hydrogen-bond acceptors (Lipinski definition) is 8. The quantitative estimate of drug-likeness (QED) is 0.168. The summed E-state index contributed by atoms with van der Waals surface area (Å²) in [7, 11) is -2.21. The number of Topliss-reactive ketones (excluding diaryl/α,β-unsaturated/α-hetero) is 1. The van der Waals surface area contributed by atoms with Gasteiger partial charge in [0, 0.05) is 12.0 Å². The molecule has 0 spiro atoms.